The van der Waals surface area contributed by atoms with Gasteiger partial charge in [0.05, 0.1) is 23.9 Å². The summed E-state index contributed by atoms with van der Waals surface area (Å²) >= 11 is 0. The van der Waals surface area contributed by atoms with E-state index in [1.165, 1.54) is 0 Å². The first-order valence-electron chi connectivity index (χ1n) is 8.15. The molecule has 0 radical (unpaired) electrons. The molecule has 6 heteroatoms. The van der Waals surface area contributed by atoms with E-state index in [1.807, 2.05) is 24.4 Å². The maximum Gasteiger partial charge on any atom is 0.131 e. The van der Waals surface area contributed by atoms with Gasteiger partial charge in [-0.15, -0.1) is 0 Å². The Hall–Kier alpha value is -2.21. The van der Waals surface area contributed by atoms with Crippen LogP contribution < -0.4 is 10.2 Å². The molecule has 0 saturated carbocycles. The average molecular weight is 311 g/mol. The highest BCUT2D eigenvalue weighted by atomic mass is 16.5. The van der Waals surface area contributed by atoms with Crippen LogP contribution in [0.5, 0.6) is 0 Å². The van der Waals surface area contributed by atoms with Crippen LogP contribution in [0.15, 0.2) is 43.1 Å². The van der Waals surface area contributed by atoms with E-state index in [-0.39, 0.29) is 5.60 Å². The van der Waals surface area contributed by atoms with Crippen LogP contribution in [-0.2, 0) is 4.74 Å². The predicted molar refractivity (Wildman–Crippen MR) is 88.4 cm³/mol. The van der Waals surface area contributed by atoms with Crippen LogP contribution in [0.3, 0.4) is 0 Å². The van der Waals surface area contributed by atoms with E-state index in [9.17, 15) is 0 Å². The largest absolute Gasteiger partial charge is 0.379 e. The van der Waals surface area contributed by atoms with Gasteiger partial charge < -0.3 is 15.0 Å². The van der Waals surface area contributed by atoms with Gasteiger partial charge in [0.1, 0.15) is 12.1 Å². The third kappa shape index (κ3) is 3.12. The molecule has 2 unspecified atom stereocenters. The Bertz CT molecular complexity index is 638. The molecule has 2 aromatic heterocycles. The number of hydrogen-bond acceptors (Lipinski definition) is 6. The van der Waals surface area contributed by atoms with Crippen molar-refractivity contribution in [1.29, 1.82) is 0 Å². The first-order valence-corrected chi connectivity index (χ1v) is 8.15. The lowest BCUT2D eigenvalue weighted by molar-refractivity contribution is -0.00651. The molecule has 4 heterocycles. The van der Waals surface area contributed by atoms with Gasteiger partial charge in [-0.1, -0.05) is 0 Å². The number of ether oxygens (including phenoxy) is 1. The molecular formula is C17H21N5O. The van der Waals surface area contributed by atoms with Crippen LogP contribution in [0.25, 0.3) is 0 Å². The minimum absolute atomic E-state index is 0.0664. The molecule has 4 rings (SSSR count). The highest BCUT2D eigenvalue weighted by molar-refractivity contribution is 5.42. The Balaban J connectivity index is 1.43. The van der Waals surface area contributed by atoms with Crippen LogP contribution >= 0.6 is 0 Å². The van der Waals surface area contributed by atoms with Crippen molar-refractivity contribution in [2.75, 3.05) is 29.9 Å². The van der Waals surface area contributed by atoms with E-state index >= 15 is 0 Å². The van der Waals surface area contributed by atoms with Crippen molar-refractivity contribution in [1.82, 2.24) is 15.0 Å². The normalized spacial score (nSPS) is 27.3. The Morgan fingerprint density at radius 3 is 3.09 bits per heavy atom. The SMILES string of the molecule is c1cncc(NC2COC3(CCCN(c4ccncn4)C3)C2)c1. The molecule has 0 aromatic carbocycles. The van der Waals surface area contributed by atoms with Gasteiger partial charge in [0, 0.05) is 38.1 Å². The van der Waals surface area contributed by atoms with Gasteiger partial charge in [-0.2, -0.15) is 0 Å². The average Bonchev–Trinajstić information content (AvgIpc) is 2.98. The van der Waals surface area contributed by atoms with Gasteiger partial charge in [-0.25, -0.2) is 9.97 Å². The minimum Gasteiger partial charge on any atom is -0.379 e. The molecule has 2 aliphatic rings. The van der Waals surface area contributed by atoms with Gasteiger partial charge in [0.2, 0.25) is 0 Å². The third-order valence-electron chi connectivity index (χ3n) is 4.67. The summed E-state index contributed by atoms with van der Waals surface area (Å²) in [5.74, 6) is 0.992. The Kier molecular flexibility index (Phi) is 3.83. The van der Waals surface area contributed by atoms with Crippen LogP contribution in [-0.4, -0.2) is 46.3 Å². The molecule has 1 N–H and O–H groups in total. The van der Waals surface area contributed by atoms with Crippen LogP contribution in [0, 0.1) is 0 Å². The minimum atomic E-state index is -0.0664. The molecule has 1 spiro atoms. The number of nitrogens with zero attached hydrogens (tertiary/aromatic N) is 4. The third-order valence-corrected chi connectivity index (χ3v) is 4.67. The second-order valence-corrected chi connectivity index (χ2v) is 6.37. The molecule has 0 bridgehead atoms. The number of aromatic nitrogens is 3. The summed E-state index contributed by atoms with van der Waals surface area (Å²) in [7, 11) is 0. The highest BCUT2D eigenvalue weighted by Gasteiger charge is 2.43. The second-order valence-electron chi connectivity index (χ2n) is 6.37. The van der Waals surface area contributed by atoms with Gasteiger partial charge in [0.25, 0.3) is 0 Å². The van der Waals surface area contributed by atoms with Crippen molar-refractivity contribution in [2.24, 2.45) is 0 Å². The van der Waals surface area contributed by atoms with Crippen molar-refractivity contribution >= 4 is 11.5 Å². The molecule has 120 valence electrons. The van der Waals surface area contributed by atoms with Crippen molar-refractivity contribution < 1.29 is 4.74 Å². The Morgan fingerprint density at radius 1 is 1.26 bits per heavy atom. The monoisotopic (exact) mass is 311 g/mol. The molecular weight excluding hydrogens is 290 g/mol. The standard InChI is InChI=1S/C17H21N5O/c1-3-14(10-18-6-1)21-15-9-17(23-11-15)5-2-8-22(12-17)16-4-7-19-13-20-16/h1,3-4,6-7,10,13,15,21H,2,5,8-9,11-12H2. The number of rotatable bonds is 3. The molecule has 2 fully saturated rings. The molecule has 2 aliphatic heterocycles. The summed E-state index contributed by atoms with van der Waals surface area (Å²) in [5.41, 5.74) is 0.991. The smallest absolute Gasteiger partial charge is 0.131 e. The zero-order chi connectivity index (χ0) is 15.5. The highest BCUT2D eigenvalue weighted by Crippen LogP contribution is 2.36. The number of nitrogens with one attached hydrogen (secondary N) is 1. The van der Waals surface area contributed by atoms with E-state index in [1.54, 1.807) is 18.7 Å². The first kappa shape index (κ1) is 14.4. The molecule has 2 aromatic rings. The maximum atomic E-state index is 6.25. The maximum absolute atomic E-state index is 6.25. The molecule has 6 nitrogen and oxygen atoms in total. The van der Waals surface area contributed by atoms with E-state index in [2.05, 4.69) is 25.2 Å². The van der Waals surface area contributed by atoms with Crippen molar-refractivity contribution in [2.45, 2.75) is 30.9 Å². The van der Waals surface area contributed by atoms with Crippen molar-refractivity contribution in [3.8, 4) is 0 Å². The fraction of sp³-hybridized carbons (Fsp3) is 0.471. The van der Waals surface area contributed by atoms with Gasteiger partial charge in [-0.05, 0) is 31.0 Å². The zero-order valence-electron chi connectivity index (χ0n) is 13.1. The summed E-state index contributed by atoms with van der Waals surface area (Å²) in [6.07, 6.45) is 10.3. The van der Waals surface area contributed by atoms with Crippen LogP contribution in [0.1, 0.15) is 19.3 Å². The zero-order valence-corrected chi connectivity index (χ0v) is 13.1. The quantitative estimate of drug-likeness (QED) is 0.937. The summed E-state index contributed by atoms with van der Waals surface area (Å²) in [5, 5.41) is 3.54. The van der Waals surface area contributed by atoms with Gasteiger partial charge in [0.15, 0.2) is 0 Å². The summed E-state index contributed by atoms with van der Waals surface area (Å²) in [6.45, 7) is 2.67. The lowest BCUT2D eigenvalue weighted by atomic mass is 9.88. The molecule has 2 atom stereocenters. The Morgan fingerprint density at radius 2 is 2.26 bits per heavy atom. The lowest BCUT2D eigenvalue weighted by Gasteiger charge is -2.40. The van der Waals surface area contributed by atoms with E-state index in [4.69, 9.17) is 4.74 Å². The van der Waals surface area contributed by atoms with E-state index in [0.29, 0.717) is 6.04 Å². The topological polar surface area (TPSA) is 63.2 Å². The lowest BCUT2D eigenvalue weighted by Crippen LogP contribution is -2.48. The number of anilines is 2. The summed E-state index contributed by atoms with van der Waals surface area (Å²) < 4.78 is 6.25. The van der Waals surface area contributed by atoms with Crippen LogP contribution in [0.4, 0.5) is 11.5 Å². The predicted octanol–water partition coefficient (Wildman–Crippen LogP) is 2.11. The van der Waals surface area contributed by atoms with E-state index < -0.39 is 0 Å². The summed E-state index contributed by atoms with van der Waals surface area (Å²) in [6, 6.07) is 6.31. The molecule has 0 amide bonds. The fourth-order valence-corrected chi connectivity index (χ4v) is 3.67. The van der Waals surface area contributed by atoms with Crippen molar-refractivity contribution in [3.63, 3.8) is 0 Å². The van der Waals surface area contributed by atoms with E-state index in [0.717, 1.165) is 50.5 Å². The van der Waals surface area contributed by atoms with Crippen molar-refractivity contribution in [3.05, 3.63) is 43.1 Å². The van der Waals surface area contributed by atoms with Gasteiger partial charge in [-0.3, -0.25) is 4.98 Å². The number of piperidine rings is 1. The first-order chi connectivity index (χ1) is 11.3. The summed E-state index contributed by atoms with van der Waals surface area (Å²) in [4.78, 5) is 14.9. The second kappa shape index (κ2) is 6.12. The number of pyridine rings is 1. The molecule has 23 heavy (non-hydrogen) atoms. The molecule has 0 aliphatic carbocycles. The number of hydrogen-bond donors (Lipinski definition) is 1. The fourth-order valence-electron chi connectivity index (χ4n) is 3.67. The molecule has 2 saturated heterocycles. The Labute approximate surface area is 135 Å². The van der Waals surface area contributed by atoms with Gasteiger partial charge >= 0.3 is 0 Å². The van der Waals surface area contributed by atoms with Crippen LogP contribution in [0.2, 0.25) is 0 Å².